The molecule has 0 aliphatic heterocycles. The van der Waals surface area contributed by atoms with E-state index in [0.717, 1.165) is 34.2 Å². The third-order valence-corrected chi connectivity index (χ3v) is 5.16. The van der Waals surface area contributed by atoms with Crippen molar-refractivity contribution in [2.45, 2.75) is 32.5 Å². The zero-order valence-electron chi connectivity index (χ0n) is 16.8. The summed E-state index contributed by atoms with van der Waals surface area (Å²) in [6, 6.07) is 10.3. The highest BCUT2D eigenvalue weighted by atomic mass is 32.2. The number of aromatic amines is 1. The Hall–Kier alpha value is -3.40. The molecule has 1 heterocycles. The molecule has 0 unspecified atom stereocenters. The van der Waals surface area contributed by atoms with Gasteiger partial charge < -0.3 is 10.1 Å². The third kappa shape index (κ3) is 5.35. The van der Waals surface area contributed by atoms with Crippen molar-refractivity contribution >= 4 is 29.0 Å². The van der Waals surface area contributed by atoms with E-state index < -0.39 is 4.92 Å². The molecular formula is C20H21N5O4S. The number of carbonyl (C=O) groups is 1. The van der Waals surface area contributed by atoms with Gasteiger partial charge in [0.05, 0.1) is 16.4 Å². The molecule has 0 aliphatic carbocycles. The maximum atomic E-state index is 12.2. The summed E-state index contributed by atoms with van der Waals surface area (Å²) in [5, 5.41) is 20.9. The smallest absolute Gasteiger partial charge is 0.271 e. The van der Waals surface area contributed by atoms with Crippen molar-refractivity contribution in [2.24, 2.45) is 0 Å². The largest absolute Gasteiger partial charge is 0.485 e. The second-order valence-corrected chi connectivity index (χ2v) is 7.61. The van der Waals surface area contributed by atoms with Crippen LogP contribution in [0.2, 0.25) is 0 Å². The number of hydrogen-bond acceptors (Lipinski definition) is 7. The Morgan fingerprint density at radius 1 is 1.20 bits per heavy atom. The van der Waals surface area contributed by atoms with E-state index in [-0.39, 0.29) is 24.0 Å². The van der Waals surface area contributed by atoms with Crippen LogP contribution >= 0.6 is 11.8 Å². The Bertz CT molecular complexity index is 1060. The number of ether oxygens (including phenoxy) is 1. The summed E-state index contributed by atoms with van der Waals surface area (Å²) >= 11 is 1.16. The highest BCUT2D eigenvalue weighted by molar-refractivity contribution is 7.99. The van der Waals surface area contributed by atoms with Gasteiger partial charge in [-0.1, -0.05) is 36.0 Å². The number of carbonyl (C=O) groups excluding carboxylic acids is 1. The summed E-state index contributed by atoms with van der Waals surface area (Å²) in [5.74, 6) is 1.13. The van der Waals surface area contributed by atoms with E-state index in [4.69, 9.17) is 4.74 Å². The molecule has 0 aliphatic rings. The highest BCUT2D eigenvalue weighted by Gasteiger charge is 2.13. The first kappa shape index (κ1) is 21.3. The van der Waals surface area contributed by atoms with Crippen LogP contribution in [0.1, 0.15) is 22.5 Å². The summed E-state index contributed by atoms with van der Waals surface area (Å²) in [6.07, 6.45) is 0. The summed E-state index contributed by atoms with van der Waals surface area (Å²) in [5.41, 5.74) is 3.15. The molecule has 10 heteroatoms. The fourth-order valence-corrected chi connectivity index (χ4v) is 3.37. The number of nitrogens with one attached hydrogen (secondary N) is 2. The minimum atomic E-state index is -0.500. The summed E-state index contributed by atoms with van der Waals surface area (Å²) in [6.45, 7) is 5.96. The van der Waals surface area contributed by atoms with Crippen LogP contribution in [0.5, 0.6) is 5.75 Å². The third-order valence-electron chi connectivity index (χ3n) is 4.31. The van der Waals surface area contributed by atoms with E-state index >= 15 is 0 Å². The van der Waals surface area contributed by atoms with Crippen molar-refractivity contribution in [1.29, 1.82) is 0 Å². The number of benzene rings is 2. The van der Waals surface area contributed by atoms with Gasteiger partial charge in [0.1, 0.15) is 12.4 Å². The summed E-state index contributed by atoms with van der Waals surface area (Å²) < 4.78 is 5.84. The van der Waals surface area contributed by atoms with E-state index in [9.17, 15) is 14.9 Å². The lowest BCUT2D eigenvalue weighted by Gasteiger charge is -2.10. The van der Waals surface area contributed by atoms with Crippen molar-refractivity contribution in [2.75, 3.05) is 11.1 Å². The number of nitro groups is 1. The monoisotopic (exact) mass is 427 g/mol. The van der Waals surface area contributed by atoms with Crippen LogP contribution in [0.4, 0.5) is 11.4 Å². The molecule has 0 bridgehead atoms. The maximum absolute atomic E-state index is 12.2. The number of anilines is 1. The van der Waals surface area contributed by atoms with Gasteiger partial charge in [-0.3, -0.25) is 20.0 Å². The topological polar surface area (TPSA) is 123 Å². The van der Waals surface area contributed by atoms with Gasteiger partial charge in [0.2, 0.25) is 11.1 Å². The molecular weight excluding hydrogens is 406 g/mol. The van der Waals surface area contributed by atoms with Gasteiger partial charge in [-0.15, -0.1) is 5.10 Å². The van der Waals surface area contributed by atoms with E-state index in [1.54, 1.807) is 13.0 Å². The molecule has 0 spiro atoms. The lowest BCUT2D eigenvalue weighted by atomic mass is 10.1. The number of thioether (sulfide) groups is 1. The van der Waals surface area contributed by atoms with Gasteiger partial charge in [-0.2, -0.15) is 0 Å². The minimum Gasteiger partial charge on any atom is -0.485 e. The Morgan fingerprint density at radius 3 is 2.63 bits per heavy atom. The van der Waals surface area contributed by atoms with E-state index in [0.29, 0.717) is 16.7 Å². The van der Waals surface area contributed by atoms with E-state index in [2.05, 4.69) is 20.5 Å². The zero-order valence-corrected chi connectivity index (χ0v) is 17.6. The van der Waals surface area contributed by atoms with Crippen LogP contribution in [-0.2, 0) is 11.4 Å². The molecule has 156 valence electrons. The van der Waals surface area contributed by atoms with Crippen molar-refractivity contribution in [1.82, 2.24) is 15.2 Å². The maximum Gasteiger partial charge on any atom is 0.271 e. The minimum absolute atomic E-state index is 0.0667. The molecule has 0 atom stereocenters. The second-order valence-electron chi connectivity index (χ2n) is 6.67. The molecule has 0 radical (unpaired) electrons. The molecule has 2 N–H and O–H groups in total. The number of H-pyrrole nitrogens is 1. The Morgan fingerprint density at radius 2 is 1.93 bits per heavy atom. The van der Waals surface area contributed by atoms with Gasteiger partial charge in [-0.25, -0.2) is 4.98 Å². The number of nitro benzene ring substituents is 1. The van der Waals surface area contributed by atoms with Crippen molar-refractivity contribution < 1.29 is 14.5 Å². The van der Waals surface area contributed by atoms with Crippen LogP contribution in [0.25, 0.3) is 0 Å². The molecule has 30 heavy (non-hydrogen) atoms. The number of nitrogens with zero attached hydrogens (tertiary/aromatic N) is 3. The highest BCUT2D eigenvalue weighted by Crippen LogP contribution is 2.24. The molecule has 3 rings (SSSR count). The predicted octanol–water partition coefficient (Wildman–Crippen LogP) is 3.95. The van der Waals surface area contributed by atoms with Gasteiger partial charge in [0.15, 0.2) is 5.82 Å². The van der Waals surface area contributed by atoms with Crippen molar-refractivity contribution in [3.05, 3.63) is 69.0 Å². The first-order valence-corrected chi connectivity index (χ1v) is 10.1. The van der Waals surface area contributed by atoms with Crippen LogP contribution in [0.15, 0.2) is 41.6 Å². The van der Waals surface area contributed by atoms with Crippen molar-refractivity contribution in [3.8, 4) is 5.75 Å². The van der Waals surface area contributed by atoms with Crippen LogP contribution in [0.3, 0.4) is 0 Å². The van der Waals surface area contributed by atoms with E-state index in [1.807, 2.05) is 32.0 Å². The molecule has 2 aromatic carbocycles. The molecule has 1 aromatic heterocycles. The molecule has 0 saturated carbocycles. The average Bonchev–Trinajstić information content (AvgIpc) is 3.15. The zero-order chi connectivity index (χ0) is 21.7. The van der Waals surface area contributed by atoms with Crippen molar-refractivity contribution in [3.63, 3.8) is 0 Å². The fourth-order valence-electron chi connectivity index (χ4n) is 2.75. The number of aryl methyl sites for hydroxylation is 3. The van der Waals surface area contributed by atoms with Gasteiger partial charge >= 0.3 is 0 Å². The van der Waals surface area contributed by atoms with Crippen LogP contribution in [0, 0.1) is 30.9 Å². The first-order valence-electron chi connectivity index (χ1n) is 9.11. The Balaban J connectivity index is 1.53. The van der Waals surface area contributed by atoms with E-state index in [1.165, 1.54) is 12.1 Å². The quantitative estimate of drug-likeness (QED) is 0.317. The SMILES string of the molecule is Cc1ccc([N+](=O)[O-])cc1NC(=O)CSc1n[nH]c(COc2c(C)cccc2C)n1. The molecule has 0 fully saturated rings. The number of non-ortho nitro benzene ring substituents is 1. The number of hydrogen-bond donors (Lipinski definition) is 2. The Kier molecular flexibility index (Phi) is 6.68. The van der Waals surface area contributed by atoms with Gasteiger partial charge in [0, 0.05) is 12.1 Å². The lowest BCUT2D eigenvalue weighted by molar-refractivity contribution is -0.384. The average molecular weight is 427 g/mol. The molecule has 0 saturated heterocycles. The van der Waals surface area contributed by atoms with Crippen LogP contribution < -0.4 is 10.1 Å². The second kappa shape index (κ2) is 9.40. The standard InChI is InChI=1S/C20H21N5O4S/c1-12-7-8-15(25(27)28)9-16(12)21-18(26)11-30-20-22-17(23-24-20)10-29-19-13(2)5-4-6-14(19)3/h4-9H,10-11H2,1-3H3,(H,21,26)(H,22,23,24). The van der Waals surface area contributed by atoms with Crippen LogP contribution in [-0.4, -0.2) is 31.8 Å². The fraction of sp³-hybridized carbons (Fsp3) is 0.250. The summed E-state index contributed by atoms with van der Waals surface area (Å²) in [4.78, 5) is 26.9. The molecule has 1 amide bonds. The first-order chi connectivity index (χ1) is 14.3. The normalized spacial score (nSPS) is 10.6. The number of aromatic nitrogens is 3. The van der Waals surface area contributed by atoms with Gasteiger partial charge in [0.25, 0.3) is 5.69 Å². The molecule has 9 nitrogen and oxygen atoms in total. The summed E-state index contributed by atoms with van der Waals surface area (Å²) in [7, 11) is 0. The lowest BCUT2D eigenvalue weighted by Crippen LogP contribution is -2.15. The van der Waals surface area contributed by atoms with Gasteiger partial charge in [-0.05, 0) is 37.5 Å². The molecule has 3 aromatic rings. The predicted molar refractivity (Wildman–Crippen MR) is 114 cm³/mol. The number of rotatable bonds is 8. The Labute approximate surface area is 177 Å². The number of amides is 1. The number of para-hydroxylation sites is 1.